The number of carbonyl (C=O) groups is 2. The van der Waals surface area contributed by atoms with E-state index in [2.05, 4.69) is 23.5 Å². The van der Waals surface area contributed by atoms with Gasteiger partial charge in [-0.15, -0.1) is 0 Å². The molecule has 1 unspecified atom stereocenters. The fourth-order valence-electron chi connectivity index (χ4n) is 3.40. The standard InChI is InChI=1S/C23H27NO3/c1-23(2,3)22(26)24-20-7-5-6-16(14-20)17-10-8-15-9-11-18(21(25)27-4)13-19(15)12-17/h5-8,10,12,14,18H,9,11,13H2,1-4H3,(H,24,26). The van der Waals surface area contributed by atoms with Gasteiger partial charge in [-0.1, -0.05) is 51.1 Å². The van der Waals surface area contributed by atoms with Crippen molar-refractivity contribution in [2.75, 3.05) is 12.4 Å². The van der Waals surface area contributed by atoms with E-state index < -0.39 is 5.41 Å². The first-order valence-electron chi connectivity index (χ1n) is 9.39. The average Bonchev–Trinajstić information content (AvgIpc) is 2.66. The number of methoxy groups -OCH3 is 1. The highest BCUT2D eigenvalue weighted by molar-refractivity contribution is 5.95. The van der Waals surface area contributed by atoms with Crippen LogP contribution >= 0.6 is 0 Å². The molecule has 1 aliphatic rings. The Morgan fingerprint density at radius 2 is 1.78 bits per heavy atom. The van der Waals surface area contributed by atoms with E-state index in [9.17, 15) is 9.59 Å². The average molecular weight is 365 g/mol. The fourth-order valence-corrected chi connectivity index (χ4v) is 3.40. The van der Waals surface area contributed by atoms with E-state index >= 15 is 0 Å². The van der Waals surface area contributed by atoms with E-state index in [4.69, 9.17) is 4.74 Å². The van der Waals surface area contributed by atoms with E-state index in [1.165, 1.54) is 18.2 Å². The first kappa shape index (κ1) is 19.2. The highest BCUT2D eigenvalue weighted by Crippen LogP contribution is 2.31. The minimum Gasteiger partial charge on any atom is -0.469 e. The molecule has 0 spiro atoms. The van der Waals surface area contributed by atoms with E-state index in [1.54, 1.807) is 0 Å². The molecule has 4 heteroatoms. The van der Waals surface area contributed by atoms with Gasteiger partial charge in [-0.2, -0.15) is 0 Å². The van der Waals surface area contributed by atoms with Crippen LogP contribution < -0.4 is 5.32 Å². The molecule has 0 bridgehead atoms. The number of hydrogen-bond donors (Lipinski definition) is 1. The van der Waals surface area contributed by atoms with E-state index in [0.717, 1.165) is 36.1 Å². The number of anilines is 1. The van der Waals surface area contributed by atoms with Crippen LogP contribution in [-0.2, 0) is 27.2 Å². The zero-order valence-corrected chi connectivity index (χ0v) is 16.5. The molecule has 27 heavy (non-hydrogen) atoms. The summed E-state index contributed by atoms with van der Waals surface area (Å²) in [6, 6.07) is 14.3. The van der Waals surface area contributed by atoms with Crippen molar-refractivity contribution in [3.8, 4) is 11.1 Å². The van der Waals surface area contributed by atoms with Crippen LogP contribution in [0.15, 0.2) is 42.5 Å². The summed E-state index contributed by atoms with van der Waals surface area (Å²) in [6.45, 7) is 5.69. The zero-order chi connectivity index (χ0) is 19.6. The lowest BCUT2D eigenvalue weighted by Crippen LogP contribution is -2.27. The summed E-state index contributed by atoms with van der Waals surface area (Å²) in [7, 11) is 1.45. The molecular weight excluding hydrogens is 338 g/mol. The lowest BCUT2D eigenvalue weighted by atomic mass is 9.82. The van der Waals surface area contributed by atoms with Gasteiger partial charge < -0.3 is 10.1 Å². The predicted molar refractivity (Wildman–Crippen MR) is 107 cm³/mol. The second-order valence-corrected chi connectivity index (χ2v) is 8.23. The quantitative estimate of drug-likeness (QED) is 0.808. The van der Waals surface area contributed by atoms with Crippen molar-refractivity contribution in [3.05, 3.63) is 53.6 Å². The number of amides is 1. The molecule has 142 valence electrons. The number of carbonyl (C=O) groups excluding carboxylic acids is 2. The summed E-state index contributed by atoms with van der Waals surface area (Å²) in [6.07, 6.45) is 2.46. The topological polar surface area (TPSA) is 55.4 Å². The highest BCUT2D eigenvalue weighted by Gasteiger charge is 2.25. The van der Waals surface area contributed by atoms with Gasteiger partial charge in [0.05, 0.1) is 13.0 Å². The number of nitrogens with one attached hydrogen (secondary N) is 1. The smallest absolute Gasteiger partial charge is 0.309 e. The van der Waals surface area contributed by atoms with Crippen LogP contribution in [0.1, 0.15) is 38.3 Å². The van der Waals surface area contributed by atoms with Gasteiger partial charge in [-0.25, -0.2) is 0 Å². The molecule has 0 aromatic heterocycles. The Hall–Kier alpha value is -2.62. The van der Waals surface area contributed by atoms with Gasteiger partial charge in [0, 0.05) is 11.1 Å². The lowest BCUT2D eigenvalue weighted by Gasteiger charge is -2.23. The third-order valence-electron chi connectivity index (χ3n) is 5.10. The number of benzene rings is 2. The summed E-state index contributed by atoms with van der Waals surface area (Å²) >= 11 is 0. The molecule has 2 aromatic carbocycles. The summed E-state index contributed by atoms with van der Waals surface area (Å²) < 4.78 is 4.92. The highest BCUT2D eigenvalue weighted by atomic mass is 16.5. The molecule has 3 rings (SSSR count). The predicted octanol–water partition coefficient (Wildman–Crippen LogP) is 4.62. The molecule has 0 heterocycles. The van der Waals surface area contributed by atoms with Crippen LogP contribution in [0.25, 0.3) is 11.1 Å². The van der Waals surface area contributed by atoms with E-state index in [1.807, 2.05) is 45.0 Å². The van der Waals surface area contributed by atoms with Crippen LogP contribution in [-0.4, -0.2) is 19.0 Å². The lowest BCUT2D eigenvalue weighted by molar-refractivity contribution is -0.145. The fraction of sp³-hybridized carbons (Fsp3) is 0.391. The van der Waals surface area contributed by atoms with Gasteiger partial charge >= 0.3 is 5.97 Å². The number of esters is 1. The van der Waals surface area contributed by atoms with E-state index in [0.29, 0.717) is 0 Å². The molecule has 1 amide bonds. The van der Waals surface area contributed by atoms with Gasteiger partial charge in [-0.3, -0.25) is 9.59 Å². The SMILES string of the molecule is COC(=O)C1CCc2ccc(-c3cccc(NC(=O)C(C)(C)C)c3)cc2C1. The molecule has 1 N–H and O–H groups in total. The largest absolute Gasteiger partial charge is 0.469 e. The Labute approximate surface area is 160 Å². The van der Waals surface area contributed by atoms with Gasteiger partial charge in [0.15, 0.2) is 0 Å². The van der Waals surface area contributed by atoms with Crippen molar-refractivity contribution >= 4 is 17.6 Å². The molecule has 2 aromatic rings. The number of fused-ring (bicyclic) bond motifs is 1. The second-order valence-electron chi connectivity index (χ2n) is 8.23. The monoisotopic (exact) mass is 365 g/mol. The summed E-state index contributed by atoms with van der Waals surface area (Å²) in [5, 5.41) is 2.98. The first-order chi connectivity index (χ1) is 12.8. The molecule has 1 aliphatic carbocycles. The molecule has 0 saturated carbocycles. The zero-order valence-electron chi connectivity index (χ0n) is 16.5. The summed E-state index contributed by atoms with van der Waals surface area (Å²) in [5.74, 6) is -0.195. The molecular formula is C23H27NO3. The number of aryl methyl sites for hydroxylation is 1. The van der Waals surface area contributed by atoms with Gasteiger partial charge in [-0.05, 0) is 53.6 Å². The second kappa shape index (κ2) is 7.55. The Morgan fingerprint density at radius 3 is 2.48 bits per heavy atom. The molecule has 4 nitrogen and oxygen atoms in total. The van der Waals surface area contributed by atoms with Crippen molar-refractivity contribution in [3.63, 3.8) is 0 Å². The van der Waals surface area contributed by atoms with Crippen molar-refractivity contribution in [1.29, 1.82) is 0 Å². The molecule has 0 radical (unpaired) electrons. The normalized spacial score (nSPS) is 16.4. The van der Waals surface area contributed by atoms with Crippen molar-refractivity contribution < 1.29 is 14.3 Å². The minimum atomic E-state index is -0.440. The van der Waals surface area contributed by atoms with Crippen molar-refractivity contribution in [2.24, 2.45) is 11.3 Å². The number of rotatable bonds is 3. The van der Waals surface area contributed by atoms with Crippen molar-refractivity contribution in [1.82, 2.24) is 0 Å². The van der Waals surface area contributed by atoms with E-state index in [-0.39, 0.29) is 17.8 Å². The Balaban J connectivity index is 1.84. The third kappa shape index (κ3) is 4.38. The van der Waals surface area contributed by atoms with Crippen LogP contribution in [0.5, 0.6) is 0 Å². The number of hydrogen-bond acceptors (Lipinski definition) is 3. The Bertz CT molecular complexity index is 864. The maximum atomic E-state index is 12.2. The number of ether oxygens (including phenoxy) is 1. The Kier molecular flexibility index (Phi) is 5.36. The maximum Gasteiger partial charge on any atom is 0.309 e. The Morgan fingerprint density at radius 1 is 1.04 bits per heavy atom. The van der Waals surface area contributed by atoms with Crippen LogP contribution in [0.4, 0.5) is 5.69 Å². The first-order valence-corrected chi connectivity index (χ1v) is 9.39. The summed E-state index contributed by atoms with van der Waals surface area (Å²) in [4.78, 5) is 24.1. The maximum absolute atomic E-state index is 12.2. The van der Waals surface area contributed by atoms with Crippen LogP contribution in [0, 0.1) is 11.3 Å². The van der Waals surface area contributed by atoms with Crippen LogP contribution in [0.3, 0.4) is 0 Å². The van der Waals surface area contributed by atoms with Gasteiger partial charge in [0.25, 0.3) is 0 Å². The van der Waals surface area contributed by atoms with Gasteiger partial charge in [0.1, 0.15) is 0 Å². The van der Waals surface area contributed by atoms with Gasteiger partial charge in [0.2, 0.25) is 5.91 Å². The molecule has 0 aliphatic heterocycles. The van der Waals surface area contributed by atoms with Crippen LogP contribution in [0.2, 0.25) is 0 Å². The minimum absolute atomic E-state index is 0.00832. The molecule has 1 atom stereocenters. The van der Waals surface area contributed by atoms with Crippen molar-refractivity contribution in [2.45, 2.75) is 40.0 Å². The third-order valence-corrected chi connectivity index (χ3v) is 5.10. The molecule has 0 fully saturated rings. The molecule has 0 saturated heterocycles. The summed E-state index contributed by atoms with van der Waals surface area (Å²) in [5.41, 5.74) is 4.99.